The summed E-state index contributed by atoms with van der Waals surface area (Å²) in [7, 11) is 0. The molecule has 23 heavy (non-hydrogen) atoms. The average Bonchev–Trinajstić information content (AvgIpc) is 3.08. The number of amides is 2. The maximum Gasteiger partial charge on any atom is 0.315 e. The Balaban J connectivity index is 1.85. The van der Waals surface area contributed by atoms with Crippen LogP contribution in [0.25, 0.3) is 5.69 Å². The van der Waals surface area contributed by atoms with Gasteiger partial charge in [0.1, 0.15) is 12.7 Å². The fourth-order valence-corrected chi connectivity index (χ4v) is 2.18. The summed E-state index contributed by atoms with van der Waals surface area (Å²) < 4.78 is 1.68. The minimum atomic E-state index is -0.206. The number of nitrogens with one attached hydrogen (secondary N) is 2. The van der Waals surface area contributed by atoms with E-state index in [9.17, 15) is 4.79 Å². The zero-order valence-corrected chi connectivity index (χ0v) is 13.4. The molecule has 0 aliphatic carbocycles. The van der Waals surface area contributed by atoms with Gasteiger partial charge in [-0.2, -0.15) is 5.10 Å². The first-order valence-electron chi connectivity index (χ1n) is 7.70. The predicted molar refractivity (Wildman–Crippen MR) is 87.2 cm³/mol. The molecule has 0 saturated carbocycles. The van der Waals surface area contributed by atoms with E-state index in [2.05, 4.69) is 20.7 Å². The van der Waals surface area contributed by atoms with Crippen LogP contribution < -0.4 is 10.6 Å². The predicted octanol–water partition coefficient (Wildman–Crippen LogP) is 1.65. The molecule has 0 fully saturated rings. The fourth-order valence-electron chi connectivity index (χ4n) is 2.18. The van der Waals surface area contributed by atoms with Crippen LogP contribution in [0.4, 0.5) is 4.79 Å². The number of aliphatic hydroxyl groups excluding tert-OH is 1. The third kappa shape index (κ3) is 5.07. The molecule has 1 heterocycles. The molecule has 2 aromatic rings. The van der Waals surface area contributed by atoms with Crippen molar-refractivity contribution in [1.82, 2.24) is 25.4 Å². The Morgan fingerprint density at radius 1 is 1.30 bits per heavy atom. The van der Waals surface area contributed by atoms with Crippen LogP contribution in [0.5, 0.6) is 0 Å². The molecule has 0 saturated heterocycles. The normalized spacial score (nSPS) is 13.3. The Morgan fingerprint density at radius 2 is 2.04 bits per heavy atom. The number of benzene rings is 1. The topological polar surface area (TPSA) is 92.1 Å². The molecule has 2 atom stereocenters. The maximum absolute atomic E-state index is 11.9. The van der Waals surface area contributed by atoms with Gasteiger partial charge in [0.25, 0.3) is 0 Å². The highest BCUT2D eigenvalue weighted by molar-refractivity contribution is 5.74. The van der Waals surface area contributed by atoms with Crippen molar-refractivity contribution in [3.8, 4) is 5.69 Å². The van der Waals surface area contributed by atoms with Crippen LogP contribution in [-0.2, 0) is 0 Å². The molecule has 7 nitrogen and oxygen atoms in total. The van der Waals surface area contributed by atoms with Crippen molar-refractivity contribution in [2.45, 2.75) is 26.3 Å². The van der Waals surface area contributed by atoms with Crippen molar-refractivity contribution >= 4 is 6.03 Å². The summed E-state index contributed by atoms with van der Waals surface area (Å²) in [5.41, 5.74) is 1.92. The monoisotopic (exact) mass is 317 g/mol. The van der Waals surface area contributed by atoms with Gasteiger partial charge in [-0.3, -0.25) is 0 Å². The first-order valence-corrected chi connectivity index (χ1v) is 7.70. The molecule has 2 unspecified atom stereocenters. The van der Waals surface area contributed by atoms with E-state index in [0.717, 1.165) is 11.3 Å². The van der Waals surface area contributed by atoms with Gasteiger partial charge in [0.2, 0.25) is 0 Å². The van der Waals surface area contributed by atoms with Crippen LogP contribution in [0.3, 0.4) is 0 Å². The smallest absolute Gasteiger partial charge is 0.315 e. The lowest BCUT2D eigenvalue weighted by atomic mass is 10.1. The highest BCUT2D eigenvalue weighted by atomic mass is 16.3. The number of hydrogen-bond acceptors (Lipinski definition) is 4. The van der Waals surface area contributed by atoms with E-state index in [0.29, 0.717) is 13.0 Å². The van der Waals surface area contributed by atoms with Gasteiger partial charge in [-0.15, -0.1) is 0 Å². The number of hydrogen-bond donors (Lipinski definition) is 3. The van der Waals surface area contributed by atoms with Crippen LogP contribution in [-0.4, -0.2) is 39.1 Å². The molecule has 3 N–H and O–H groups in total. The van der Waals surface area contributed by atoms with Gasteiger partial charge in [0.05, 0.1) is 11.7 Å². The summed E-state index contributed by atoms with van der Waals surface area (Å²) in [5, 5.41) is 18.6. The Kier molecular flexibility index (Phi) is 6.10. The number of carbonyl (C=O) groups excluding carboxylic acids is 1. The van der Waals surface area contributed by atoms with Gasteiger partial charge < -0.3 is 15.7 Å². The van der Waals surface area contributed by atoms with E-state index in [1.54, 1.807) is 11.0 Å². The second kappa shape index (κ2) is 8.28. The van der Waals surface area contributed by atoms with Gasteiger partial charge in [-0.05, 0) is 37.0 Å². The number of aliphatic hydroxyl groups is 1. The zero-order valence-electron chi connectivity index (χ0n) is 13.4. The van der Waals surface area contributed by atoms with E-state index < -0.39 is 0 Å². The van der Waals surface area contributed by atoms with E-state index in [4.69, 9.17) is 5.11 Å². The average molecular weight is 317 g/mol. The van der Waals surface area contributed by atoms with Crippen LogP contribution in [0, 0.1) is 5.92 Å². The molecule has 0 bridgehead atoms. The van der Waals surface area contributed by atoms with Crippen LogP contribution >= 0.6 is 0 Å². The van der Waals surface area contributed by atoms with Gasteiger partial charge in [0.15, 0.2) is 0 Å². The summed E-state index contributed by atoms with van der Waals surface area (Å²) in [6.45, 7) is 4.60. The Hall–Kier alpha value is -2.41. The van der Waals surface area contributed by atoms with Crippen LogP contribution in [0.15, 0.2) is 36.9 Å². The van der Waals surface area contributed by atoms with Gasteiger partial charge >= 0.3 is 6.03 Å². The molecular formula is C16H23N5O2. The lowest BCUT2D eigenvalue weighted by Gasteiger charge is -2.17. The highest BCUT2D eigenvalue weighted by Gasteiger charge is 2.10. The molecular weight excluding hydrogens is 294 g/mol. The van der Waals surface area contributed by atoms with E-state index in [1.165, 1.54) is 6.33 Å². The molecule has 0 aliphatic heterocycles. The number of urea groups is 1. The summed E-state index contributed by atoms with van der Waals surface area (Å²) >= 11 is 0. The number of nitrogens with zero attached hydrogens (tertiary/aromatic N) is 3. The minimum absolute atomic E-state index is 0.104. The number of carbonyl (C=O) groups is 1. The second-order valence-corrected chi connectivity index (χ2v) is 5.63. The summed E-state index contributed by atoms with van der Waals surface area (Å²) in [4.78, 5) is 15.8. The Bertz CT molecular complexity index is 597. The SMILES string of the molecule is CC(CCO)CNC(=O)NC(C)c1ccc(-n2cncn2)cc1. The molecule has 124 valence electrons. The Labute approximate surface area is 135 Å². The molecule has 1 aromatic heterocycles. The third-order valence-corrected chi connectivity index (χ3v) is 3.66. The van der Waals surface area contributed by atoms with Crippen molar-refractivity contribution in [2.75, 3.05) is 13.2 Å². The summed E-state index contributed by atoms with van der Waals surface area (Å²) in [5.74, 6) is 0.253. The largest absolute Gasteiger partial charge is 0.396 e. The molecule has 2 rings (SSSR count). The van der Waals surface area contributed by atoms with Crippen LogP contribution in [0.1, 0.15) is 31.9 Å². The van der Waals surface area contributed by atoms with E-state index in [1.807, 2.05) is 38.1 Å². The zero-order chi connectivity index (χ0) is 16.7. The first-order chi connectivity index (χ1) is 11.1. The lowest BCUT2D eigenvalue weighted by Crippen LogP contribution is -2.39. The molecule has 1 aromatic carbocycles. The van der Waals surface area contributed by atoms with Crippen molar-refractivity contribution in [1.29, 1.82) is 0 Å². The molecule has 0 aliphatic rings. The fraction of sp³-hybridized carbons (Fsp3) is 0.438. The molecule has 2 amide bonds. The van der Waals surface area contributed by atoms with Crippen molar-refractivity contribution in [3.05, 3.63) is 42.5 Å². The summed E-state index contributed by atoms with van der Waals surface area (Å²) in [6.07, 6.45) is 3.80. The third-order valence-electron chi connectivity index (χ3n) is 3.66. The maximum atomic E-state index is 11.9. The van der Waals surface area contributed by atoms with Gasteiger partial charge in [-0.25, -0.2) is 14.5 Å². The van der Waals surface area contributed by atoms with Gasteiger partial charge in [0, 0.05) is 13.2 Å². The van der Waals surface area contributed by atoms with E-state index >= 15 is 0 Å². The van der Waals surface area contributed by atoms with E-state index in [-0.39, 0.29) is 24.6 Å². The molecule has 0 spiro atoms. The second-order valence-electron chi connectivity index (χ2n) is 5.63. The van der Waals surface area contributed by atoms with Crippen molar-refractivity contribution in [2.24, 2.45) is 5.92 Å². The minimum Gasteiger partial charge on any atom is -0.396 e. The lowest BCUT2D eigenvalue weighted by molar-refractivity contribution is 0.231. The standard InChI is InChI=1S/C16H23N5O2/c1-12(7-8-22)9-18-16(23)20-13(2)14-3-5-15(6-4-14)21-11-17-10-19-21/h3-6,10-13,22H,7-9H2,1-2H3,(H2,18,20,23). The quantitative estimate of drug-likeness (QED) is 0.724. The first kappa shape index (κ1) is 17.0. The molecule has 0 radical (unpaired) electrons. The number of rotatable bonds is 7. The highest BCUT2D eigenvalue weighted by Crippen LogP contribution is 2.15. The summed E-state index contributed by atoms with van der Waals surface area (Å²) in [6, 6.07) is 7.47. The van der Waals surface area contributed by atoms with Crippen molar-refractivity contribution in [3.63, 3.8) is 0 Å². The van der Waals surface area contributed by atoms with Crippen LogP contribution in [0.2, 0.25) is 0 Å². The van der Waals surface area contributed by atoms with Gasteiger partial charge in [-0.1, -0.05) is 19.1 Å². The van der Waals surface area contributed by atoms with Crippen molar-refractivity contribution < 1.29 is 9.90 Å². The Morgan fingerprint density at radius 3 is 2.65 bits per heavy atom. The number of aromatic nitrogens is 3. The molecule has 7 heteroatoms.